The number of carbonyl (C=O) groups excluding carboxylic acids is 1. The highest BCUT2D eigenvalue weighted by molar-refractivity contribution is 5.80. The van der Waals surface area contributed by atoms with Gasteiger partial charge in [-0.2, -0.15) is 0 Å². The lowest BCUT2D eigenvalue weighted by molar-refractivity contribution is -0.154. The first-order valence-corrected chi connectivity index (χ1v) is 6.94. The van der Waals surface area contributed by atoms with Crippen LogP contribution in [0, 0.1) is 5.41 Å². The lowest BCUT2D eigenvalue weighted by Crippen LogP contribution is -2.46. The zero-order valence-electron chi connectivity index (χ0n) is 11.8. The van der Waals surface area contributed by atoms with E-state index in [0.717, 1.165) is 5.56 Å². The molecule has 0 atom stereocenters. The van der Waals surface area contributed by atoms with Gasteiger partial charge in [0, 0.05) is 25.4 Å². The van der Waals surface area contributed by atoms with Gasteiger partial charge in [-0.1, -0.05) is 12.1 Å². The molecule has 0 unspecified atom stereocenters. The molecule has 2 rings (SSSR count). The highest BCUT2D eigenvalue weighted by Crippen LogP contribution is 2.30. The molecule has 1 aromatic carbocycles. The number of ether oxygens (including phenoxy) is 1. The van der Waals surface area contributed by atoms with Crippen LogP contribution in [0.5, 0.6) is 0 Å². The lowest BCUT2D eigenvalue weighted by Gasteiger charge is -2.33. The fourth-order valence-electron chi connectivity index (χ4n) is 2.38. The van der Waals surface area contributed by atoms with E-state index in [2.05, 4.69) is 5.32 Å². The Morgan fingerprint density at radius 3 is 2.43 bits per heavy atom. The van der Waals surface area contributed by atoms with E-state index in [-0.39, 0.29) is 18.9 Å². The molecule has 1 saturated heterocycles. The first kappa shape index (κ1) is 15.3. The molecule has 0 saturated carbocycles. The third-order valence-electron chi connectivity index (χ3n) is 3.87. The van der Waals surface area contributed by atoms with Crippen molar-refractivity contribution in [3.05, 3.63) is 29.8 Å². The largest absolute Gasteiger partial charge is 0.481 e. The quantitative estimate of drug-likeness (QED) is 0.697. The Labute approximate surface area is 123 Å². The highest BCUT2D eigenvalue weighted by Gasteiger charge is 2.40. The Hall–Kier alpha value is -2.08. The van der Waals surface area contributed by atoms with Crippen molar-refractivity contribution in [2.75, 3.05) is 25.5 Å². The van der Waals surface area contributed by atoms with E-state index < -0.39 is 11.4 Å². The number of hydrogen-bond acceptors (Lipinski definition) is 4. The number of benzene rings is 1. The summed E-state index contributed by atoms with van der Waals surface area (Å²) in [7, 11) is 0. The van der Waals surface area contributed by atoms with Crippen LogP contribution in [0.4, 0.5) is 5.69 Å². The Bertz CT molecular complexity index is 507. The van der Waals surface area contributed by atoms with E-state index in [0.29, 0.717) is 31.7 Å². The maximum Gasteiger partial charge on any atom is 0.311 e. The Morgan fingerprint density at radius 1 is 1.24 bits per heavy atom. The van der Waals surface area contributed by atoms with Crippen LogP contribution in [0.2, 0.25) is 0 Å². The number of aliphatic carboxylic acids is 1. The summed E-state index contributed by atoms with van der Waals surface area (Å²) in [5.74, 6) is -1.06. The molecule has 0 spiro atoms. The zero-order valence-corrected chi connectivity index (χ0v) is 11.8. The van der Waals surface area contributed by atoms with Crippen molar-refractivity contribution in [1.82, 2.24) is 5.32 Å². The second-order valence-electron chi connectivity index (χ2n) is 5.39. The number of nitrogen functional groups attached to an aromatic ring is 1. The maximum atomic E-state index is 11.9. The van der Waals surface area contributed by atoms with Crippen LogP contribution in [0.25, 0.3) is 0 Å². The number of amides is 1. The van der Waals surface area contributed by atoms with Crippen molar-refractivity contribution >= 4 is 17.6 Å². The SMILES string of the molecule is Nc1ccc(CC(=O)NCC2(C(=O)O)CCOCC2)cc1. The third-order valence-corrected chi connectivity index (χ3v) is 3.87. The first-order chi connectivity index (χ1) is 10.0. The molecule has 1 aliphatic heterocycles. The molecule has 114 valence electrons. The predicted molar refractivity (Wildman–Crippen MR) is 77.7 cm³/mol. The van der Waals surface area contributed by atoms with Crippen molar-refractivity contribution in [2.45, 2.75) is 19.3 Å². The van der Waals surface area contributed by atoms with Crippen LogP contribution in [-0.2, 0) is 20.7 Å². The van der Waals surface area contributed by atoms with Gasteiger partial charge in [-0.25, -0.2) is 0 Å². The van der Waals surface area contributed by atoms with Crippen LogP contribution in [-0.4, -0.2) is 36.7 Å². The van der Waals surface area contributed by atoms with Crippen LogP contribution in [0.15, 0.2) is 24.3 Å². The highest BCUT2D eigenvalue weighted by atomic mass is 16.5. The monoisotopic (exact) mass is 292 g/mol. The molecule has 0 bridgehead atoms. The Morgan fingerprint density at radius 2 is 1.86 bits per heavy atom. The van der Waals surface area contributed by atoms with Gasteiger partial charge in [0.15, 0.2) is 0 Å². The van der Waals surface area contributed by atoms with Crippen LogP contribution >= 0.6 is 0 Å². The Kier molecular flexibility index (Phi) is 4.80. The van der Waals surface area contributed by atoms with Gasteiger partial charge in [-0.05, 0) is 30.5 Å². The number of carboxylic acids is 1. The molecule has 1 amide bonds. The summed E-state index contributed by atoms with van der Waals surface area (Å²) < 4.78 is 5.20. The normalized spacial score (nSPS) is 17.1. The minimum absolute atomic E-state index is 0.138. The summed E-state index contributed by atoms with van der Waals surface area (Å²) in [6.45, 7) is 0.972. The van der Waals surface area contributed by atoms with Gasteiger partial charge in [0.05, 0.1) is 11.8 Å². The lowest BCUT2D eigenvalue weighted by atomic mass is 9.80. The van der Waals surface area contributed by atoms with Gasteiger partial charge in [0.25, 0.3) is 0 Å². The van der Waals surface area contributed by atoms with Crippen molar-refractivity contribution in [3.8, 4) is 0 Å². The molecule has 21 heavy (non-hydrogen) atoms. The van der Waals surface area contributed by atoms with Gasteiger partial charge in [-0.3, -0.25) is 9.59 Å². The number of hydrogen-bond donors (Lipinski definition) is 3. The molecule has 0 radical (unpaired) electrons. The summed E-state index contributed by atoms with van der Waals surface area (Å²) in [4.78, 5) is 23.4. The van der Waals surface area contributed by atoms with E-state index in [1.165, 1.54) is 0 Å². The van der Waals surface area contributed by atoms with E-state index in [9.17, 15) is 14.7 Å². The molecular weight excluding hydrogens is 272 g/mol. The average Bonchev–Trinajstić information content (AvgIpc) is 2.48. The van der Waals surface area contributed by atoms with E-state index in [1.54, 1.807) is 24.3 Å². The zero-order chi connectivity index (χ0) is 15.3. The maximum absolute atomic E-state index is 11.9. The summed E-state index contributed by atoms with van der Waals surface area (Å²) >= 11 is 0. The summed E-state index contributed by atoms with van der Waals surface area (Å²) in [6.07, 6.45) is 1.06. The molecule has 1 aliphatic rings. The number of carboxylic acid groups (broad SMARTS) is 1. The standard InChI is InChI=1S/C15H20N2O4/c16-12-3-1-11(2-4-12)9-13(18)17-10-15(14(19)20)5-7-21-8-6-15/h1-4H,5-10,16H2,(H,17,18)(H,19,20). The van der Waals surface area contributed by atoms with Gasteiger partial charge < -0.3 is 20.9 Å². The third kappa shape index (κ3) is 3.95. The number of anilines is 1. The second kappa shape index (κ2) is 6.58. The minimum atomic E-state index is -0.908. The first-order valence-electron chi connectivity index (χ1n) is 6.94. The number of carbonyl (C=O) groups is 2. The molecule has 6 heteroatoms. The topological polar surface area (TPSA) is 102 Å². The number of nitrogens with one attached hydrogen (secondary N) is 1. The fourth-order valence-corrected chi connectivity index (χ4v) is 2.38. The minimum Gasteiger partial charge on any atom is -0.481 e. The van der Waals surface area contributed by atoms with E-state index in [1.807, 2.05) is 0 Å². The molecule has 6 nitrogen and oxygen atoms in total. The van der Waals surface area contributed by atoms with Gasteiger partial charge in [0.2, 0.25) is 5.91 Å². The van der Waals surface area contributed by atoms with Gasteiger partial charge >= 0.3 is 5.97 Å². The molecule has 0 aliphatic carbocycles. The van der Waals surface area contributed by atoms with Crippen LogP contribution in [0.1, 0.15) is 18.4 Å². The molecule has 1 heterocycles. The van der Waals surface area contributed by atoms with Crippen molar-refractivity contribution in [2.24, 2.45) is 5.41 Å². The van der Waals surface area contributed by atoms with Crippen LogP contribution < -0.4 is 11.1 Å². The number of nitrogens with two attached hydrogens (primary N) is 1. The van der Waals surface area contributed by atoms with E-state index >= 15 is 0 Å². The van der Waals surface area contributed by atoms with Crippen molar-refractivity contribution < 1.29 is 19.4 Å². The summed E-state index contributed by atoms with van der Waals surface area (Å²) in [5, 5.41) is 12.1. The molecular formula is C15H20N2O4. The fraction of sp³-hybridized carbons (Fsp3) is 0.467. The predicted octanol–water partition coefficient (Wildman–Crippen LogP) is 0.809. The molecule has 0 aromatic heterocycles. The molecule has 4 N–H and O–H groups in total. The van der Waals surface area contributed by atoms with Crippen molar-refractivity contribution in [3.63, 3.8) is 0 Å². The van der Waals surface area contributed by atoms with Gasteiger partial charge in [0.1, 0.15) is 0 Å². The van der Waals surface area contributed by atoms with Gasteiger partial charge in [-0.15, -0.1) is 0 Å². The summed E-state index contributed by atoms with van der Waals surface area (Å²) in [6, 6.07) is 7.05. The molecule has 1 aromatic rings. The van der Waals surface area contributed by atoms with Crippen LogP contribution in [0.3, 0.4) is 0 Å². The average molecular weight is 292 g/mol. The van der Waals surface area contributed by atoms with E-state index in [4.69, 9.17) is 10.5 Å². The summed E-state index contributed by atoms with van der Waals surface area (Å²) in [5.41, 5.74) is 6.17. The van der Waals surface area contributed by atoms with Crippen molar-refractivity contribution in [1.29, 1.82) is 0 Å². The smallest absolute Gasteiger partial charge is 0.311 e. The Balaban J connectivity index is 1.90. The second-order valence-corrected chi connectivity index (χ2v) is 5.39. The molecule has 1 fully saturated rings. The number of rotatable bonds is 5.